The first-order valence-electron chi connectivity index (χ1n) is 8.99. The van der Waals surface area contributed by atoms with E-state index < -0.39 is 23.9 Å². The maximum atomic E-state index is 14.8. The lowest BCUT2D eigenvalue weighted by Gasteiger charge is -2.15. The van der Waals surface area contributed by atoms with Crippen LogP contribution in [0.3, 0.4) is 0 Å². The maximum absolute atomic E-state index is 14.8. The smallest absolute Gasteiger partial charge is 0.369 e. The highest BCUT2D eigenvalue weighted by atomic mass is 19.4. The third-order valence-corrected chi connectivity index (χ3v) is 4.86. The van der Waals surface area contributed by atoms with Crippen molar-refractivity contribution in [1.82, 2.24) is 14.9 Å². The van der Waals surface area contributed by atoms with Crippen LogP contribution in [-0.4, -0.2) is 20.0 Å². The summed E-state index contributed by atoms with van der Waals surface area (Å²) in [6, 6.07) is 4.87. The van der Waals surface area contributed by atoms with E-state index in [2.05, 4.69) is 15.6 Å². The molecule has 154 valence electrons. The van der Waals surface area contributed by atoms with Gasteiger partial charge in [-0.2, -0.15) is 18.3 Å². The van der Waals surface area contributed by atoms with Gasteiger partial charge in [-0.25, -0.2) is 9.07 Å². The number of aryl methyl sites for hydroxylation is 2. The molecule has 29 heavy (non-hydrogen) atoms. The second-order valence-electron chi connectivity index (χ2n) is 7.09. The zero-order chi connectivity index (χ0) is 20.9. The summed E-state index contributed by atoms with van der Waals surface area (Å²) >= 11 is 0. The summed E-state index contributed by atoms with van der Waals surface area (Å²) in [7, 11) is 0. The third kappa shape index (κ3) is 3.71. The van der Waals surface area contributed by atoms with Gasteiger partial charge in [0.15, 0.2) is 17.7 Å². The molecule has 3 aromatic rings. The maximum Gasteiger partial charge on any atom is 0.435 e. The lowest BCUT2D eigenvalue weighted by atomic mass is 10.1. The lowest BCUT2D eigenvalue weighted by Crippen LogP contribution is -2.12. The molecule has 0 spiro atoms. The Kier molecular flexibility index (Phi) is 4.60. The molecule has 2 aromatic heterocycles. The van der Waals surface area contributed by atoms with Gasteiger partial charge in [0.2, 0.25) is 0 Å². The fraction of sp³-hybridized carbons (Fsp3) is 0.368. The van der Waals surface area contributed by atoms with Gasteiger partial charge in [-0.1, -0.05) is 5.16 Å². The Labute approximate surface area is 163 Å². The van der Waals surface area contributed by atoms with Gasteiger partial charge in [-0.3, -0.25) is 0 Å². The fourth-order valence-corrected chi connectivity index (χ4v) is 3.28. The summed E-state index contributed by atoms with van der Waals surface area (Å²) in [6.45, 7) is 3.30. The number of aliphatic hydroxyl groups excluding tert-OH is 1. The average Bonchev–Trinajstić information content (AvgIpc) is 3.28. The molecular formula is C19H18F4N4O2. The van der Waals surface area contributed by atoms with Crippen LogP contribution < -0.4 is 5.32 Å². The molecule has 0 saturated heterocycles. The van der Waals surface area contributed by atoms with Crippen LogP contribution in [0.5, 0.6) is 0 Å². The van der Waals surface area contributed by atoms with Crippen molar-refractivity contribution in [1.29, 1.82) is 0 Å². The Bertz CT molecular complexity index is 1030. The molecule has 1 aliphatic rings. The van der Waals surface area contributed by atoms with Crippen molar-refractivity contribution >= 4 is 5.69 Å². The van der Waals surface area contributed by atoms with E-state index in [9.17, 15) is 22.7 Å². The van der Waals surface area contributed by atoms with Crippen LogP contribution in [0.2, 0.25) is 0 Å². The number of aliphatic hydroxyl groups is 1. The van der Waals surface area contributed by atoms with E-state index >= 15 is 0 Å². The molecule has 1 fully saturated rings. The minimum absolute atomic E-state index is 0.0582. The van der Waals surface area contributed by atoms with Crippen molar-refractivity contribution in [3.63, 3.8) is 0 Å². The lowest BCUT2D eigenvalue weighted by molar-refractivity contribution is -0.141. The Hall–Kier alpha value is -2.88. The van der Waals surface area contributed by atoms with Gasteiger partial charge < -0.3 is 14.9 Å². The fourth-order valence-electron chi connectivity index (χ4n) is 3.28. The standard InChI is InChI=1S/C19H18F4N4O2/c1-9-17(10(2)29-26-9)18(28)24-12-5-6-14(13(20)7-12)27-15(11-3-4-11)8-16(25-27)19(21,22)23/h5-8,11,18,24,28H,3-4H2,1-2H3. The van der Waals surface area contributed by atoms with Crippen molar-refractivity contribution in [2.75, 3.05) is 5.32 Å². The van der Waals surface area contributed by atoms with Crippen molar-refractivity contribution < 1.29 is 27.2 Å². The van der Waals surface area contributed by atoms with Crippen LogP contribution in [0.15, 0.2) is 28.8 Å². The van der Waals surface area contributed by atoms with Gasteiger partial charge in [-0.05, 0) is 51.0 Å². The van der Waals surface area contributed by atoms with E-state index in [4.69, 9.17) is 4.52 Å². The first-order valence-corrected chi connectivity index (χ1v) is 8.99. The summed E-state index contributed by atoms with van der Waals surface area (Å²) < 4.78 is 60.0. The zero-order valence-corrected chi connectivity index (χ0v) is 15.6. The van der Waals surface area contributed by atoms with Crippen LogP contribution in [0.4, 0.5) is 23.2 Å². The molecule has 10 heteroatoms. The van der Waals surface area contributed by atoms with Crippen molar-refractivity contribution in [3.05, 3.63) is 58.5 Å². The second kappa shape index (κ2) is 6.87. The summed E-state index contributed by atoms with van der Waals surface area (Å²) in [5, 5.41) is 20.4. The molecule has 1 aliphatic carbocycles. The highest BCUT2D eigenvalue weighted by Crippen LogP contribution is 2.43. The number of rotatable bonds is 5. The van der Waals surface area contributed by atoms with E-state index in [1.165, 1.54) is 12.1 Å². The van der Waals surface area contributed by atoms with Crippen LogP contribution in [0, 0.1) is 19.7 Å². The molecule has 0 aliphatic heterocycles. The molecule has 1 aromatic carbocycles. The molecular weight excluding hydrogens is 392 g/mol. The number of alkyl halides is 3. The predicted octanol–water partition coefficient (Wildman–Crippen LogP) is 4.62. The number of hydrogen-bond acceptors (Lipinski definition) is 5. The normalized spacial score (nSPS) is 15.6. The first kappa shape index (κ1) is 19.4. The monoisotopic (exact) mass is 410 g/mol. The minimum atomic E-state index is -4.61. The molecule has 0 radical (unpaired) electrons. The molecule has 0 bridgehead atoms. The number of benzene rings is 1. The highest BCUT2D eigenvalue weighted by molar-refractivity contribution is 5.51. The van der Waals surface area contributed by atoms with E-state index in [1.54, 1.807) is 13.8 Å². The molecule has 2 N–H and O–H groups in total. The Balaban J connectivity index is 1.64. The van der Waals surface area contributed by atoms with Gasteiger partial charge in [0.1, 0.15) is 11.4 Å². The van der Waals surface area contributed by atoms with Crippen molar-refractivity contribution in [2.24, 2.45) is 0 Å². The zero-order valence-electron chi connectivity index (χ0n) is 15.6. The van der Waals surface area contributed by atoms with E-state index in [0.29, 0.717) is 22.7 Å². The second-order valence-corrected chi connectivity index (χ2v) is 7.09. The highest BCUT2D eigenvalue weighted by Gasteiger charge is 2.38. The minimum Gasteiger partial charge on any atom is -0.369 e. The number of nitrogens with zero attached hydrogens (tertiary/aromatic N) is 3. The predicted molar refractivity (Wildman–Crippen MR) is 95.1 cm³/mol. The summed E-state index contributed by atoms with van der Waals surface area (Å²) in [5.41, 5.74) is 0.384. The summed E-state index contributed by atoms with van der Waals surface area (Å²) in [4.78, 5) is 0. The number of halogens is 4. The SMILES string of the molecule is Cc1noc(C)c1C(O)Nc1ccc(-n2nc(C(F)(F)F)cc2C2CC2)c(F)c1. The average molecular weight is 410 g/mol. The third-order valence-electron chi connectivity index (χ3n) is 4.86. The molecule has 1 unspecified atom stereocenters. The van der Waals surface area contributed by atoms with Crippen LogP contribution in [0.1, 0.15) is 53.4 Å². The molecule has 6 nitrogen and oxygen atoms in total. The van der Waals surface area contributed by atoms with Gasteiger partial charge in [0.05, 0.1) is 11.3 Å². The Morgan fingerprint density at radius 3 is 2.52 bits per heavy atom. The van der Waals surface area contributed by atoms with Crippen LogP contribution >= 0.6 is 0 Å². The molecule has 2 heterocycles. The van der Waals surface area contributed by atoms with Crippen LogP contribution in [-0.2, 0) is 6.18 Å². The number of anilines is 1. The van der Waals surface area contributed by atoms with Gasteiger partial charge in [0.25, 0.3) is 0 Å². The topological polar surface area (TPSA) is 76.1 Å². The Morgan fingerprint density at radius 2 is 1.97 bits per heavy atom. The van der Waals surface area contributed by atoms with E-state index in [1.807, 2.05) is 0 Å². The van der Waals surface area contributed by atoms with Gasteiger partial charge >= 0.3 is 6.18 Å². The van der Waals surface area contributed by atoms with Crippen molar-refractivity contribution in [3.8, 4) is 5.69 Å². The van der Waals surface area contributed by atoms with Gasteiger partial charge in [0, 0.05) is 17.3 Å². The van der Waals surface area contributed by atoms with Gasteiger partial charge in [-0.15, -0.1) is 0 Å². The molecule has 1 atom stereocenters. The van der Waals surface area contributed by atoms with E-state index in [-0.39, 0.29) is 17.3 Å². The largest absolute Gasteiger partial charge is 0.435 e. The quantitative estimate of drug-likeness (QED) is 0.474. The summed E-state index contributed by atoms with van der Waals surface area (Å²) in [5.74, 6) is -0.401. The van der Waals surface area contributed by atoms with Crippen LogP contribution in [0.25, 0.3) is 5.69 Å². The van der Waals surface area contributed by atoms with Crippen molar-refractivity contribution in [2.45, 2.75) is 45.0 Å². The summed E-state index contributed by atoms with van der Waals surface area (Å²) in [6.07, 6.45) is -4.30. The molecule has 1 saturated carbocycles. The first-order chi connectivity index (χ1) is 13.6. The van der Waals surface area contributed by atoms with E-state index in [0.717, 1.165) is 29.7 Å². The number of nitrogens with one attached hydrogen (secondary N) is 1. The molecule has 0 amide bonds. The number of aromatic nitrogens is 3. The number of hydrogen-bond donors (Lipinski definition) is 2. The Morgan fingerprint density at radius 1 is 1.24 bits per heavy atom. The molecule has 4 rings (SSSR count).